The first kappa shape index (κ1) is 32.3. The smallest absolute Gasteiger partial charge is 0.251 e. The van der Waals surface area contributed by atoms with E-state index in [9.17, 15) is 14.4 Å². The summed E-state index contributed by atoms with van der Waals surface area (Å²) in [6.45, 7) is 1.07. The van der Waals surface area contributed by atoms with E-state index in [4.69, 9.17) is 11.5 Å². The van der Waals surface area contributed by atoms with Crippen LogP contribution in [0.4, 0.5) is 17.5 Å². The van der Waals surface area contributed by atoms with Crippen LogP contribution in [0.1, 0.15) is 40.0 Å². The molecule has 240 valence electrons. The summed E-state index contributed by atoms with van der Waals surface area (Å²) in [5.41, 5.74) is 16.0. The van der Waals surface area contributed by atoms with E-state index in [-0.39, 0.29) is 36.4 Å². The molecule has 0 unspecified atom stereocenters. The lowest BCUT2D eigenvalue weighted by Gasteiger charge is -2.20. The van der Waals surface area contributed by atoms with Gasteiger partial charge in [-0.3, -0.25) is 14.4 Å². The molecule has 0 saturated heterocycles. The topological polar surface area (TPSA) is 194 Å². The number of aromatic nitrogens is 4. The molecule has 5 rings (SSSR count). The zero-order valence-corrected chi connectivity index (χ0v) is 25.9. The number of fused-ring (bicyclic) bond motifs is 1. The third-order valence-corrected chi connectivity index (χ3v) is 7.39. The number of anilines is 3. The molecule has 0 aliphatic heterocycles. The first-order valence-electron chi connectivity index (χ1n) is 15.0. The molecule has 0 bridgehead atoms. The second kappa shape index (κ2) is 15.3. The van der Waals surface area contributed by atoms with Crippen LogP contribution in [0.25, 0.3) is 11.2 Å². The first-order valence-corrected chi connectivity index (χ1v) is 15.0. The fraction of sp³-hybridized carbons (Fsp3) is 0.206. The molecule has 0 saturated carbocycles. The van der Waals surface area contributed by atoms with Gasteiger partial charge in [-0.05, 0) is 41.8 Å². The van der Waals surface area contributed by atoms with Crippen LogP contribution in [0.15, 0.2) is 91.1 Å². The Morgan fingerprint density at radius 2 is 1.45 bits per heavy atom. The lowest BCUT2D eigenvalue weighted by molar-refractivity contribution is -0.124. The van der Waals surface area contributed by atoms with Gasteiger partial charge >= 0.3 is 0 Å². The molecular formula is C34H36N10O3. The van der Waals surface area contributed by atoms with E-state index < -0.39 is 11.9 Å². The second-order valence-electron chi connectivity index (χ2n) is 10.9. The van der Waals surface area contributed by atoms with Gasteiger partial charge in [-0.15, -0.1) is 0 Å². The molecule has 0 spiro atoms. The molecule has 5 aromatic rings. The van der Waals surface area contributed by atoms with Crippen molar-refractivity contribution in [2.75, 3.05) is 23.4 Å². The van der Waals surface area contributed by atoms with E-state index in [2.05, 4.69) is 35.9 Å². The van der Waals surface area contributed by atoms with Gasteiger partial charge in [-0.2, -0.15) is 9.97 Å². The molecule has 47 heavy (non-hydrogen) atoms. The van der Waals surface area contributed by atoms with E-state index >= 15 is 0 Å². The zero-order valence-electron chi connectivity index (χ0n) is 25.9. The summed E-state index contributed by atoms with van der Waals surface area (Å²) in [6.07, 6.45) is 1.78. The molecule has 0 fully saturated rings. The number of nitrogen functional groups attached to an aromatic ring is 2. The number of benzene rings is 3. The highest BCUT2D eigenvalue weighted by molar-refractivity contribution is 5.98. The standard InChI is InChI=1S/C34H36N10O3/c1-44(21-25-20-38-31-29(40-25)30(35)42-34(36)43-31)26-14-12-24(13-15-26)32(46)41-27(33(47)39-19-23-10-6-3-7-11-23)16-17-28(45)37-18-22-8-4-2-5-9-22/h2-15,20,27H,16-19,21H2,1H3,(H,37,45)(H,39,47)(H,41,46)(H4,35,36,38,42,43)/t27-/m0/s1. The summed E-state index contributed by atoms with van der Waals surface area (Å²) in [5, 5.41) is 8.56. The largest absolute Gasteiger partial charge is 0.382 e. The summed E-state index contributed by atoms with van der Waals surface area (Å²) < 4.78 is 0. The average molecular weight is 633 g/mol. The number of hydrogen-bond donors (Lipinski definition) is 5. The van der Waals surface area contributed by atoms with Crippen molar-refractivity contribution in [3.63, 3.8) is 0 Å². The van der Waals surface area contributed by atoms with Crippen molar-refractivity contribution in [1.29, 1.82) is 0 Å². The molecular weight excluding hydrogens is 596 g/mol. The lowest BCUT2D eigenvalue weighted by atomic mass is 10.1. The van der Waals surface area contributed by atoms with Crippen molar-refractivity contribution < 1.29 is 14.4 Å². The number of nitrogens with one attached hydrogen (secondary N) is 3. The SMILES string of the molecule is CN(Cc1cnc2nc(N)nc(N)c2n1)c1ccc(C(=O)N[C@@H](CCC(=O)NCc2ccccc2)C(=O)NCc2ccccc2)cc1. The normalized spacial score (nSPS) is 11.4. The number of hydrogen-bond acceptors (Lipinski definition) is 10. The Kier molecular flexibility index (Phi) is 10.5. The fourth-order valence-electron chi connectivity index (χ4n) is 4.84. The minimum atomic E-state index is -0.922. The Morgan fingerprint density at radius 1 is 0.809 bits per heavy atom. The minimum absolute atomic E-state index is 0.0294. The van der Waals surface area contributed by atoms with Crippen molar-refractivity contribution in [3.05, 3.63) is 114 Å². The summed E-state index contributed by atoms with van der Waals surface area (Å²) in [6, 6.07) is 25.0. The molecule has 2 heterocycles. The predicted octanol–water partition coefficient (Wildman–Crippen LogP) is 2.73. The van der Waals surface area contributed by atoms with Crippen molar-refractivity contribution in [1.82, 2.24) is 35.9 Å². The lowest BCUT2D eigenvalue weighted by Crippen LogP contribution is -2.47. The number of nitrogens with two attached hydrogens (primary N) is 2. The van der Waals surface area contributed by atoms with Crippen molar-refractivity contribution in [2.45, 2.75) is 38.5 Å². The molecule has 0 aliphatic rings. The quantitative estimate of drug-likeness (QED) is 0.129. The third-order valence-electron chi connectivity index (χ3n) is 7.39. The van der Waals surface area contributed by atoms with Crippen LogP contribution in [0.5, 0.6) is 0 Å². The highest BCUT2D eigenvalue weighted by atomic mass is 16.2. The summed E-state index contributed by atoms with van der Waals surface area (Å²) in [7, 11) is 1.87. The van der Waals surface area contributed by atoms with Gasteiger partial charge in [0.25, 0.3) is 5.91 Å². The zero-order chi connectivity index (χ0) is 33.2. The summed E-state index contributed by atoms with van der Waals surface area (Å²) in [4.78, 5) is 57.9. The highest BCUT2D eigenvalue weighted by Crippen LogP contribution is 2.19. The minimum Gasteiger partial charge on any atom is -0.382 e. The van der Waals surface area contributed by atoms with Gasteiger partial charge in [0.05, 0.1) is 18.4 Å². The van der Waals surface area contributed by atoms with E-state index in [0.717, 1.165) is 16.8 Å². The van der Waals surface area contributed by atoms with E-state index in [0.29, 0.717) is 42.1 Å². The number of nitrogens with zero attached hydrogens (tertiary/aromatic N) is 5. The van der Waals surface area contributed by atoms with Crippen molar-refractivity contribution in [2.24, 2.45) is 0 Å². The first-order chi connectivity index (χ1) is 22.7. The highest BCUT2D eigenvalue weighted by Gasteiger charge is 2.23. The molecule has 13 heteroatoms. The Balaban J connectivity index is 1.21. The van der Waals surface area contributed by atoms with Crippen LogP contribution in [0, 0.1) is 0 Å². The van der Waals surface area contributed by atoms with Gasteiger partial charge < -0.3 is 32.3 Å². The molecule has 1 atom stereocenters. The average Bonchev–Trinajstić information content (AvgIpc) is 3.09. The number of carbonyl (C=O) groups excluding carboxylic acids is 3. The van der Waals surface area contributed by atoms with Crippen molar-refractivity contribution in [3.8, 4) is 0 Å². The van der Waals surface area contributed by atoms with Crippen LogP contribution in [0.2, 0.25) is 0 Å². The molecule has 3 aromatic carbocycles. The Labute approximate surface area is 271 Å². The maximum absolute atomic E-state index is 13.3. The van der Waals surface area contributed by atoms with Crippen LogP contribution in [-0.2, 0) is 29.2 Å². The molecule has 0 aliphatic carbocycles. The molecule has 7 N–H and O–H groups in total. The Bertz CT molecular complexity index is 1840. The summed E-state index contributed by atoms with van der Waals surface area (Å²) in [5.74, 6) is -0.841. The summed E-state index contributed by atoms with van der Waals surface area (Å²) >= 11 is 0. The number of amides is 3. The molecule has 13 nitrogen and oxygen atoms in total. The van der Waals surface area contributed by atoms with Crippen LogP contribution in [-0.4, -0.2) is 50.7 Å². The van der Waals surface area contributed by atoms with Gasteiger partial charge in [0.1, 0.15) is 6.04 Å². The van der Waals surface area contributed by atoms with Crippen molar-refractivity contribution >= 4 is 46.3 Å². The second-order valence-corrected chi connectivity index (χ2v) is 10.9. The molecule has 2 aromatic heterocycles. The maximum atomic E-state index is 13.3. The van der Waals surface area contributed by atoms with Crippen LogP contribution >= 0.6 is 0 Å². The van der Waals surface area contributed by atoms with E-state index in [1.54, 1.807) is 30.5 Å². The van der Waals surface area contributed by atoms with Gasteiger partial charge in [0, 0.05) is 37.8 Å². The van der Waals surface area contributed by atoms with Crippen LogP contribution < -0.4 is 32.3 Å². The molecule has 3 amide bonds. The van der Waals surface area contributed by atoms with Gasteiger partial charge in [0.2, 0.25) is 17.8 Å². The molecule has 0 radical (unpaired) electrons. The number of carbonyl (C=O) groups is 3. The van der Waals surface area contributed by atoms with E-state index in [1.165, 1.54) is 0 Å². The van der Waals surface area contributed by atoms with Gasteiger partial charge in [-0.25, -0.2) is 9.97 Å². The van der Waals surface area contributed by atoms with E-state index in [1.807, 2.05) is 72.6 Å². The van der Waals surface area contributed by atoms with Crippen LogP contribution in [0.3, 0.4) is 0 Å². The monoisotopic (exact) mass is 632 g/mol. The Hall–Kier alpha value is -6.11. The predicted molar refractivity (Wildman–Crippen MR) is 180 cm³/mol. The Morgan fingerprint density at radius 3 is 2.11 bits per heavy atom. The number of rotatable bonds is 13. The van der Waals surface area contributed by atoms with Gasteiger partial charge in [-0.1, -0.05) is 60.7 Å². The maximum Gasteiger partial charge on any atom is 0.251 e. The van der Waals surface area contributed by atoms with Gasteiger partial charge in [0.15, 0.2) is 17.0 Å². The fourth-order valence-corrected chi connectivity index (χ4v) is 4.84. The third kappa shape index (κ3) is 8.97.